The molecule has 23 heavy (non-hydrogen) atoms. The number of benzene rings is 2. The molecule has 3 rings (SSSR count). The van der Waals surface area contributed by atoms with E-state index >= 15 is 0 Å². The van der Waals surface area contributed by atoms with E-state index in [1.165, 1.54) is 17.1 Å². The van der Waals surface area contributed by atoms with Gasteiger partial charge in [0.05, 0.1) is 11.3 Å². The molecular weight excluding hydrogens is 309 g/mol. The summed E-state index contributed by atoms with van der Waals surface area (Å²) in [6.45, 7) is 0.0497. The van der Waals surface area contributed by atoms with Crippen LogP contribution in [0.15, 0.2) is 54.9 Å². The van der Waals surface area contributed by atoms with E-state index in [1.54, 1.807) is 30.3 Å². The molecule has 0 radical (unpaired) electrons. The van der Waals surface area contributed by atoms with Gasteiger partial charge in [-0.05, 0) is 52.4 Å². The van der Waals surface area contributed by atoms with Crippen molar-refractivity contribution in [3.8, 4) is 11.4 Å². The van der Waals surface area contributed by atoms with E-state index in [-0.39, 0.29) is 6.61 Å². The second kappa shape index (κ2) is 6.07. The van der Waals surface area contributed by atoms with Gasteiger partial charge in [0.1, 0.15) is 18.7 Å². The van der Waals surface area contributed by atoms with Crippen LogP contribution in [0, 0.1) is 0 Å². The monoisotopic (exact) mass is 320 g/mol. The van der Waals surface area contributed by atoms with Gasteiger partial charge in [0.15, 0.2) is 0 Å². The molecule has 0 bridgehead atoms. The van der Waals surface area contributed by atoms with Gasteiger partial charge in [-0.1, -0.05) is 12.1 Å². The summed E-state index contributed by atoms with van der Waals surface area (Å²) in [5.74, 6) is 0.541. The minimum absolute atomic E-state index is 0.0497. The highest BCUT2D eigenvalue weighted by atomic mass is 19.4. The standard InChI is InChI=1S/C15H11F3N4O/c16-15(17,18)12-3-1-2-11(8-12)9-23-14-6-4-13(5-7-14)22-10-19-20-21-22/h1-8,10H,9H2. The molecule has 0 atom stereocenters. The highest BCUT2D eigenvalue weighted by molar-refractivity contribution is 5.36. The number of ether oxygens (including phenoxy) is 1. The third kappa shape index (κ3) is 3.65. The smallest absolute Gasteiger partial charge is 0.416 e. The molecule has 118 valence electrons. The van der Waals surface area contributed by atoms with E-state index in [9.17, 15) is 13.2 Å². The molecule has 0 unspecified atom stereocenters. The first-order valence-electron chi connectivity index (χ1n) is 6.65. The van der Waals surface area contributed by atoms with E-state index in [0.29, 0.717) is 11.3 Å². The second-order valence-corrected chi connectivity index (χ2v) is 4.74. The van der Waals surface area contributed by atoms with E-state index < -0.39 is 11.7 Å². The van der Waals surface area contributed by atoms with Gasteiger partial charge in [0, 0.05) is 0 Å². The number of hydrogen-bond acceptors (Lipinski definition) is 4. The van der Waals surface area contributed by atoms with Crippen molar-refractivity contribution in [2.75, 3.05) is 0 Å². The quantitative estimate of drug-likeness (QED) is 0.740. The van der Waals surface area contributed by atoms with Crippen molar-refractivity contribution in [3.05, 3.63) is 66.0 Å². The van der Waals surface area contributed by atoms with Crippen LogP contribution in [-0.4, -0.2) is 20.2 Å². The molecule has 2 aromatic carbocycles. The molecule has 0 aliphatic heterocycles. The summed E-state index contributed by atoms with van der Waals surface area (Å²) in [6.07, 6.45) is -2.90. The lowest BCUT2D eigenvalue weighted by Gasteiger charge is -2.10. The zero-order valence-electron chi connectivity index (χ0n) is 11.7. The fourth-order valence-electron chi connectivity index (χ4n) is 1.98. The minimum Gasteiger partial charge on any atom is -0.489 e. The average molecular weight is 320 g/mol. The maximum atomic E-state index is 12.7. The van der Waals surface area contributed by atoms with Gasteiger partial charge in [0.25, 0.3) is 0 Å². The predicted molar refractivity (Wildman–Crippen MR) is 74.9 cm³/mol. The van der Waals surface area contributed by atoms with Gasteiger partial charge in [-0.2, -0.15) is 13.2 Å². The Labute approximate surface area is 129 Å². The largest absolute Gasteiger partial charge is 0.489 e. The summed E-state index contributed by atoms with van der Waals surface area (Å²) >= 11 is 0. The van der Waals surface area contributed by atoms with Gasteiger partial charge in [-0.15, -0.1) is 5.10 Å². The first-order chi connectivity index (χ1) is 11.0. The molecule has 3 aromatic rings. The number of rotatable bonds is 4. The Morgan fingerprint density at radius 1 is 1.04 bits per heavy atom. The number of halogens is 3. The van der Waals surface area contributed by atoms with Crippen LogP contribution in [0.25, 0.3) is 5.69 Å². The van der Waals surface area contributed by atoms with Gasteiger partial charge < -0.3 is 4.74 Å². The lowest BCUT2D eigenvalue weighted by atomic mass is 10.1. The second-order valence-electron chi connectivity index (χ2n) is 4.74. The number of alkyl halides is 3. The molecule has 0 fully saturated rings. The van der Waals surface area contributed by atoms with E-state index in [2.05, 4.69) is 15.5 Å². The van der Waals surface area contributed by atoms with Crippen LogP contribution in [0.5, 0.6) is 5.75 Å². The molecule has 1 heterocycles. The Morgan fingerprint density at radius 2 is 1.83 bits per heavy atom. The summed E-state index contributed by atoms with van der Waals surface area (Å²) < 4.78 is 44.9. The first-order valence-corrected chi connectivity index (χ1v) is 6.65. The van der Waals surface area contributed by atoms with E-state index in [0.717, 1.165) is 17.8 Å². The predicted octanol–water partition coefficient (Wildman–Crippen LogP) is 3.26. The van der Waals surface area contributed by atoms with Gasteiger partial charge in [-0.25, -0.2) is 4.68 Å². The van der Waals surface area contributed by atoms with E-state index in [4.69, 9.17) is 4.74 Å². The topological polar surface area (TPSA) is 52.8 Å². The molecule has 0 aliphatic rings. The third-order valence-electron chi connectivity index (χ3n) is 3.11. The molecule has 0 aliphatic carbocycles. The lowest BCUT2D eigenvalue weighted by Crippen LogP contribution is -2.06. The zero-order valence-corrected chi connectivity index (χ0v) is 11.7. The average Bonchev–Trinajstić information content (AvgIpc) is 3.07. The highest BCUT2D eigenvalue weighted by Gasteiger charge is 2.30. The summed E-state index contributed by atoms with van der Waals surface area (Å²) in [6, 6.07) is 12.0. The van der Waals surface area contributed by atoms with Crippen LogP contribution in [-0.2, 0) is 12.8 Å². The summed E-state index contributed by atoms with van der Waals surface area (Å²) in [5.41, 5.74) is 0.512. The van der Waals surface area contributed by atoms with Crippen molar-refractivity contribution in [2.24, 2.45) is 0 Å². The summed E-state index contributed by atoms with van der Waals surface area (Å²) in [5, 5.41) is 10.8. The molecule has 0 spiro atoms. The third-order valence-corrected chi connectivity index (χ3v) is 3.11. The van der Waals surface area contributed by atoms with Crippen molar-refractivity contribution in [2.45, 2.75) is 12.8 Å². The molecular formula is C15H11F3N4O. The number of hydrogen-bond donors (Lipinski definition) is 0. The van der Waals surface area contributed by atoms with Crippen LogP contribution in [0.1, 0.15) is 11.1 Å². The Kier molecular flexibility index (Phi) is 3.96. The first kappa shape index (κ1) is 15.0. The maximum Gasteiger partial charge on any atom is 0.416 e. The zero-order chi connectivity index (χ0) is 16.3. The molecule has 0 saturated heterocycles. The fraction of sp³-hybridized carbons (Fsp3) is 0.133. The Bertz CT molecular complexity index is 770. The molecule has 8 heteroatoms. The number of nitrogens with zero attached hydrogens (tertiary/aromatic N) is 4. The van der Waals surface area contributed by atoms with Crippen molar-refractivity contribution >= 4 is 0 Å². The van der Waals surface area contributed by atoms with Gasteiger partial charge in [-0.3, -0.25) is 0 Å². The van der Waals surface area contributed by atoms with E-state index in [1.807, 2.05) is 0 Å². The number of aromatic nitrogens is 4. The molecule has 0 saturated carbocycles. The van der Waals surface area contributed by atoms with Crippen LogP contribution < -0.4 is 4.74 Å². The number of tetrazole rings is 1. The highest BCUT2D eigenvalue weighted by Crippen LogP contribution is 2.29. The molecule has 1 aromatic heterocycles. The van der Waals surface area contributed by atoms with Crippen molar-refractivity contribution < 1.29 is 17.9 Å². The molecule has 5 nitrogen and oxygen atoms in total. The SMILES string of the molecule is FC(F)(F)c1cccc(COc2ccc(-n3cnnn3)cc2)c1. The Hall–Kier alpha value is -2.90. The maximum absolute atomic E-state index is 12.7. The summed E-state index contributed by atoms with van der Waals surface area (Å²) in [4.78, 5) is 0. The van der Waals surface area contributed by atoms with Gasteiger partial charge in [0.2, 0.25) is 0 Å². The van der Waals surface area contributed by atoms with Crippen LogP contribution in [0.3, 0.4) is 0 Å². The van der Waals surface area contributed by atoms with Crippen LogP contribution in [0.2, 0.25) is 0 Å². The molecule has 0 N–H and O–H groups in total. The fourth-order valence-corrected chi connectivity index (χ4v) is 1.98. The minimum atomic E-state index is -4.36. The molecule has 0 amide bonds. The normalized spacial score (nSPS) is 11.4. The lowest BCUT2D eigenvalue weighted by molar-refractivity contribution is -0.137. The van der Waals surface area contributed by atoms with Gasteiger partial charge >= 0.3 is 6.18 Å². The van der Waals surface area contributed by atoms with Crippen molar-refractivity contribution in [3.63, 3.8) is 0 Å². The Morgan fingerprint density at radius 3 is 2.48 bits per heavy atom. The van der Waals surface area contributed by atoms with Crippen molar-refractivity contribution in [1.82, 2.24) is 20.2 Å². The summed E-state index contributed by atoms with van der Waals surface area (Å²) in [7, 11) is 0. The van der Waals surface area contributed by atoms with Crippen LogP contribution >= 0.6 is 0 Å². The van der Waals surface area contributed by atoms with Crippen LogP contribution in [0.4, 0.5) is 13.2 Å². The Balaban J connectivity index is 1.67. The van der Waals surface area contributed by atoms with Crippen molar-refractivity contribution in [1.29, 1.82) is 0 Å².